The smallest absolute Gasteiger partial charge is 0.328 e. The molecular weight excluding hydrogens is 674 g/mol. The first-order valence-corrected chi connectivity index (χ1v) is 18.2. The van der Waals surface area contributed by atoms with Crippen molar-refractivity contribution in [2.75, 3.05) is 12.4 Å². The molecule has 0 aliphatic carbocycles. The van der Waals surface area contributed by atoms with E-state index in [9.17, 15) is 14.4 Å². The van der Waals surface area contributed by atoms with Gasteiger partial charge in [-0.25, -0.2) is 4.79 Å². The van der Waals surface area contributed by atoms with E-state index in [1.54, 1.807) is 54.6 Å². The molecule has 0 saturated heterocycles. The van der Waals surface area contributed by atoms with E-state index >= 15 is 0 Å². The molecule has 242 valence electrons. The number of carbonyl (C=O) groups excluding carboxylic acids is 3. The molecule has 0 heterocycles. The second-order valence-corrected chi connectivity index (χ2v) is 18.7. The van der Waals surface area contributed by atoms with E-state index in [0.29, 0.717) is 33.6 Å². The summed E-state index contributed by atoms with van der Waals surface area (Å²) in [5.74, 6) is -1.23. The number of amides is 2. The molecule has 3 aromatic carbocycles. The van der Waals surface area contributed by atoms with E-state index < -0.39 is 32.1 Å². The van der Waals surface area contributed by atoms with Gasteiger partial charge in [0.05, 0.1) is 38.3 Å². The van der Waals surface area contributed by atoms with Crippen molar-refractivity contribution in [1.82, 2.24) is 5.32 Å². The molecular formula is C33H38Cl4N2O5Si. The van der Waals surface area contributed by atoms with Crippen LogP contribution in [0.25, 0.3) is 0 Å². The lowest BCUT2D eigenvalue weighted by molar-refractivity contribution is -0.142. The maximum atomic E-state index is 13.4. The van der Waals surface area contributed by atoms with Gasteiger partial charge in [-0.05, 0) is 58.6 Å². The van der Waals surface area contributed by atoms with Crippen LogP contribution in [0.4, 0.5) is 5.69 Å². The lowest BCUT2D eigenvalue weighted by Crippen LogP contribution is -2.50. The highest BCUT2D eigenvalue weighted by Gasteiger charge is 2.47. The predicted molar refractivity (Wildman–Crippen MR) is 186 cm³/mol. The van der Waals surface area contributed by atoms with Gasteiger partial charge in [-0.3, -0.25) is 9.59 Å². The lowest BCUT2D eigenvalue weighted by Gasteiger charge is -2.42. The zero-order valence-electron chi connectivity index (χ0n) is 26.3. The third kappa shape index (κ3) is 8.54. The number of anilines is 1. The highest BCUT2D eigenvalue weighted by molar-refractivity contribution is 6.78. The molecule has 0 aromatic heterocycles. The SMILES string of the molecule is COC(=O)[C@H](Cc1ccc(NC(=O)c2c(Cl)cccc2Cl)cc1)NC(=O)c1c(Cl)cc(O[Si](C(C)C)(C(C)C)C(C)C)cc1Cl. The molecule has 1 atom stereocenters. The molecule has 12 heteroatoms. The normalized spacial score (nSPS) is 12.3. The average Bonchev–Trinajstić information content (AvgIpc) is 2.95. The van der Waals surface area contributed by atoms with Gasteiger partial charge in [-0.1, -0.05) is 106 Å². The molecule has 2 N–H and O–H groups in total. The Morgan fingerprint density at radius 3 is 1.69 bits per heavy atom. The van der Waals surface area contributed by atoms with Gasteiger partial charge >= 0.3 is 5.97 Å². The van der Waals surface area contributed by atoms with Gasteiger partial charge in [0.1, 0.15) is 11.8 Å². The average molecular weight is 713 g/mol. The molecule has 3 rings (SSSR count). The van der Waals surface area contributed by atoms with Crippen LogP contribution < -0.4 is 15.1 Å². The summed E-state index contributed by atoms with van der Waals surface area (Å²) in [7, 11) is -1.06. The summed E-state index contributed by atoms with van der Waals surface area (Å²) in [6.45, 7) is 13.0. The van der Waals surface area contributed by atoms with Crippen molar-refractivity contribution in [2.24, 2.45) is 0 Å². The number of nitrogens with one attached hydrogen (secondary N) is 2. The van der Waals surface area contributed by atoms with Gasteiger partial charge in [0.25, 0.3) is 20.1 Å². The molecule has 0 bridgehead atoms. The summed E-state index contributed by atoms with van der Waals surface area (Å²) >= 11 is 25.5. The van der Waals surface area contributed by atoms with E-state index in [-0.39, 0.29) is 37.6 Å². The Morgan fingerprint density at radius 1 is 0.733 bits per heavy atom. The van der Waals surface area contributed by atoms with Crippen molar-refractivity contribution in [1.29, 1.82) is 0 Å². The third-order valence-corrected chi connectivity index (χ3v) is 15.1. The molecule has 0 fully saturated rings. The molecule has 0 aliphatic rings. The minimum atomic E-state index is -2.30. The van der Waals surface area contributed by atoms with E-state index in [1.807, 2.05) is 0 Å². The minimum absolute atomic E-state index is 0.0294. The molecule has 2 amide bonds. The van der Waals surface area contributed by atoms with Crippen LogP contribution in [0.1, 0.15) is 67.8 Å². The Labute approximate surface area is 286 Å². The van der Waals surface area contributed by atoms with Gasteiger partial charge in [0, 0.05) is 12.1 Å². The van der Waals surface area contributed by atoms with Crippen molar-refractivity contribution < 1.29 is 23.5 Å². The Kier molecular flexibility index (Phi) is 12.8. The Balaban J connectivity index is 1.78. The highest BCUT2D eigenvalue weighted by atomic mass is 35.5. The van der Waals surface area contributed by atoms with Gasteiger partial charge in [-0.2, -0.15) is 0 Å². The van der Waals surface area contributed by atoms with Gasteiger partial charge in [0.15, 0.2) is 0 Å². The van der Waals surface area contributed by atoms with Crippen LogP contribution in [0.15, 0.2) is 54.6 Å². The topological polar surface area (TPSA) is 93.7 Å². The van der Waals surface area contributed by atoms with Gasteiger partial charge in [-0.15, -0.1) is 0 Å². The summed E-state index contributed by atoms with van der Waals surface area (Å²) < 4.78 is 11.6. The number of benzene rings is 3. The summed E-state index contributed by atoms with van der Waals surface area (Å²) in [6, 6.07) is 13.7. The largest absolute Gasteiger partial charge is 0.543 e. The van der Waals surface area contributed by atoms with E-state index in [1.165, 1.54) is 7.11 Å². The number of hydrogen-bond acceptors (Lipinski definition) is 5. The highest BCUT2D eigenvalue weighted by Crippen LogP contribution is 2.44. The van der Waals surface area contributed by atoms with Crippen LogP contribution in [0.5, 0.6) is 5.75 Å². The van der Waals surface area contributed by atoms with Crippen molar-refractivity contribution >= 4 is 78.2 Å². The van der Waals surface area contributed by atoms with E-state index in [2.05, 4.69) is 52.2 Å². The zero-order chi connectivity index (χ0) is 33.6. The Bertz CT molecular complexity index is 1480. The zero-order valence-corrected chi connectivity index (χ0v) is 30.3. The fourth-order valence-corrected chi connectivity index (χ4v) is 12.3. The molecule has 45 heavy (non-hydrogen) atoms. The standard InChI is InChI=1S/C33H38Cl4N2O5Si/c1-18(2)45(19(3)4,20(5)6)44-23-16-26(36)30(27(37)17-23)32(41)39-28(33(42)43-7)15-21-11-13-22(14-12-21)38-31(40)29-24(34)9-8-10-25(29)35/h8-14,16-20,28H,15H2,1-7H3,(H,38,40)(H,39,41)/t28-/m0/s1. The van der Waals surface area contributed by atoms with Crippen LogP contribution in [0.2, 0.25) is 36.7 Å². The number of esters is 1. The number of rotatable bonds is 12. The van der Waals surface area contributed by atoms with Crippen molar-refractivity contribution in [3.8, 4) is 5.75 Å². The van der Waals surface area contributed by atoms with Crippen molar-refractivity contribution in [3.63, 3.8) is 0 Å². The summed E-state index contributed by atoms with van der Waals surface area (Å²) in [4.78, 5) is 38.8. The van der Waals surface area contributed by atoms with Gasteiger partial charge < -0.3 is 19.8 Å². The molecule has 0 radical (unpaired) electrons. The van der Waals surface area contributed by atoms with Crippen LogP contribution >= 0.6 is 46.4 Å². The Hall–Kier alpha value is -2.75. The van der Waals surface area contributed by atoms with Gasteiger partial charge in [0.2, 0.25) is 0 Å². The molecule has 0 unspecified atom stereocenters. The maximum absolute atomic E-state index is 13.4. The second kappa shape index (κ2) is 15.7. The first kappa shape index (κ1) is 36.7. The number of hydrogen-bond donors (Lipinski definition) is 2. The van der Waals surface area contributed by atoms with E-state index in [0.717, 1.165) is 0 Å². The number of methoxy groups -OCH3 is 1. The fraction of sp³-hybridized carbons (Fsp3) is 0.364. The maximum Gasteiger partial charge on any atom is 0.328 e. The van der Waals surface area contributed by atoms with E-state index in [4.69, 9.17) is 55.6 Å². The van der Waals surface area contributed by atoms with Crippen LogP contribution in [-0.2, 0) is 16.0 Å². The number of halogens is 4. The van der Waals surface area contributed by atoms with Crippen molar-refractivity contribution in [3.05, 3.63) is 91.4 Å². The summed E-state index contributed by atoms with van der Waals surface area (Å²) in [5.41, 5.74) is 2.34. The molecule has 7 nitrogen and oxygen atoms in total. The molecule has 0 saturated carbocycles. The quantitative estimate of drug-likeness (QED) is 0.144. The minimum Gasteiger partial charge on any atom is -0.543 e. The summed E-state index contributed by atoms with van der Waals surface area (Å²) in [5, 5.41) is 6.13. The number of carbonyl (C=O) groups is 3. The summed E-state index contributed by atoms with van der Waals surface area (Å²) in [6.07, 6.45) is 0.102. The monoisotopic (exact) mass is 710 g/mol. The fourth-order valence-electron chi connectivity index (χ4n) is 5.82. The second-order valence-electron chi connectivity index (χ2n) is 11.7. The van der Waals surface area contributed by atoms with Crippen LogP contribution in [0.3, 0.4) is 0 Å². The Morgan fingerprint density at radius 2 is 1.22 bits per heavy atom. The number of ether oxygens (including phenoxy) is 1. The van der Waals surface area contributed by atoms with Crippen molar-refractivity contribution in [2.45, 2.75) is 70.6 Å². The van der Waals surface area contributed by atoms with Crippen LogP contribution in [-0.4, -0.2) is 39.3 Å². The predicted octanol–water partition coefficient (Wildman–Crippen LogP) is 9.62. The molecule has 3 aromatic rings. The lowest BCUT2D eigenvalue weighted by atomic mass is 10.0. The molecule has 0 spiro atoms. The third-order valence-electron chi connectivity index (χ3n) is 7.88. The molecule has 0 aliphatic heterocycles. The first-order valence-electron chi connectivity index (χ1n) is 14.5. The van der Waals surface area contributed by atoms with Crippen LogP contribution in [0, 0.1) is 0 Å². The first-order chi connectivity index (χ1) is 21.1.